The molecule has 3 aliphatic rings. The van der Waals surface area contributed by atoms with E-state index in [0.29, 0.717) is 0 Å². The van der Waals surface area contributed by atoms with Crippen molar-refractivity contribution in [1.82, 2.24) is 0 Å². The molecule has 0 bridgehead atoms. The molecule has 1 heteroatoms. The molecule has 0 N–H and O–H groups in total. The lowest BCUT2D eigenvalue weighted by molar-refractivity contribution is 0.723. The van der Waals surface area contributed by atoms with E-state index >= 15 is 0 Å². The van der Waals surface area contributed by atoms with E-state index in [1.54, 1.807) is 27.8 Å². The van der Waals surface area contributed by atoms with Crippen LogP contribution in [0.4, 0.5) is 0 Å². The molecule has 4 aromatic carbocycles. The molecule has 1 aliphatic heterocycles. The Hall–Kier alpha value is -2.25. The lowest BCUT2D eigenvalue weighted by Gasteiger charge is -2.19. The third kappa shape index (κ3) is 5.23. The van der Waals surface area contributed by atoms with E-state index in [-0.39, 0.29) is 0 Å². The molecular formula is C35H38S. The van der Waals surface area contributed by atoms with Crippen molar-refractivity contribution in [2.45, 2.75) is 75.9 Å². The van der Waals surface area contributed by atoms with Gasteiger partial charge in [0.1, 0.15) is 0 Å². The molecular weight excluding hydrogens is 452 g/mol. The van der Waals surface area contributed by atoms with E-state index in [1.165, 1.54) is 91.5 Å². The highest BCUT2D eigenvalue weighted by atomic mass is 32.2. The van der Waals surface area contributed by atoms with Crippen LogP contribution >= 0.6 is 11.8 Å². The number of thioether (sulfide) groups is 1. The van der Waals surface area contributed by atoms with Gasteiger partial charge in [-0.2, -0.15) is 11.8 Å². The molecule has 0 amide bonds. The summed E-state index contributed by atoms with van der Waals surface area (Å²) < 4.78 is 0. The molecule has 0 nitrogen and oxygen atoms in total. The molecule has 1 atom stereocenters. The largest absolute Gasteiger partial charge is 0.157 e. The predicted molar refractivity (Wildman–Crippen MR) is 157 cm³/mol. The number of fused-ring (bicyclic) bond motifs is 2. The third-order valence-electron chi connectivity index (χ3n) is 8.98. The Kier molecular flexibility index (Phi) is 6.30. The molecule has 2 saturated carbocycles. The van der Waals surface area contributed by atoms with Gasteiger partial charge in [0.15, 0.2) is 0 Å². The number of hydrogen-bond acceptors (Lipinski definition) is 1. The van der Waals surface area contributed by atoms with Crippen LogP contribution in [0, 0.1) is 11.8 Å². The second-order valence-electron chi connectivity index (χ2n) is 11.8. The maximum Gasteiger partial charge on any atom is 0.0141 e. The summed E-state index contributed by atoms with van der Waals surface area (Å²) >= 11 is 2.13. The van der Waals surface area contributed by atoms with Crippen molar-refractivity contribution in [2.24, 2.45) is 11.8 Å². The van der Waals surface area contributed by atoms with Crippen LogP contribution < -0.4 is 0 Å². The van der Waals surface area contributed by atoms with E-state index in [2.05, 4.69) is 78.5 Å². The summed E-state index contributed by atoms with van der Waals surface area (Å²) in [5, 5.41) is 6.69. The molecule has 3 fully saturated rings. The van der Waals surface area contributed by atoms with Gasteiger partial charge in [0.25, 0.3) is 0 Å². The van der Waals surface area contributed by atoms with Crippen molar-refractivity contribution in [3.63, 3.8) is 0 Å². The van der Waals surface area contributed by atoms with Gasteiger partial charge in [-0.15, -0.1) is 0 Å². The van der Waals surface area contributed by atoms with Crippen LogP contribution in [0.15, 0.2) is 66.7 Å². The minimum atomic E-state index is 0.894. The van der Waals surface area contributed by atoms with Crippen molar-refractivity contribution in [1.29, 1.82) is 0 Å². The fourth-order valence-corrected chi connectivity index (χ4v) is 6.76. The molecule has 0 aromatic heterocycles. The Morgan fingerprint density at radius 3 is 1.94 bits per heavy atom. The molecule has 7 rings (SSSR count). The fraction of sp³-hybridized carbons (Fsp3) is 0.429. The molecule has 1 saturated heterocycles. The van der Waals surface area contributed by atoms with E-state index in [0.717, 1.165) is 23.5 Å². The zero-order chi connectivity index (χ0) is 23.9. The van der Waals surface area contributed by atoms with Gasteiger partial charge in [-0.25, -0.2) is 0 Å². The van der Waals surface area contributed by atoms with Crippen LogP contribution in [-0.2, 0) is 25.7 Å². The van der Waals surface area contributed by atoms with Gasteiger partial charge < -0.3 is 0 Å². The van der Waals surface area contributed by atoms with Gasteiger partial charge in [-0.3, -0.25) is 0 Å². The normalized spacial score (nSPS) is 19.3. The van der Waals surface area contributed by atoms with Gasteiger partial charge in [-0.05, 0) is 106 Å². The number of benzene rings is 4. The zero-order valence-corrected chi connectivity index (χ0v) is 22.3. The topological polar surface area (TPSA) is 0 Å². The maximum atomic E-state index is 2.57. The highest BCUT2D eigenvalue weighted by Crippen LogP contribution is 2.38. The van der Waals surface area contributed by atoms with E-state index < -0.39 is 0 Å². The minimum Gasteiger partial charge on any atom is -0.157 e. The third-order valence-corrected chi connectivity index (χ3v) is 10.0. The molecule has 1 heterocycles. The number of aryl methyl sites for hydroxylation is 3. The van der Waals surface area contributed by atoms with Crippen molar-refractivity contribution < 1.29 is 0 Å². The summed E-state index contributed by atoms with van der Waals surface area (Å²) in [6.45, 7) is 0. The monoisotopic (exact) mass is 490 g/mol. The Bertz CT molecular complexity index is 1380. The summed E-state index contributed by atoms with van der Waals surface area (Å²) in [6.07, 6.45) is 14.6. The van der Waals surface area contributed by atoms with Crippen LogP contribution in [0.1, 0.15) is 72.8 Å². The predicted octanol–water partition coefficient (Wildman–Crippen LogP) is 9.32. The fourth-order valence-electron chi connectivity index (χ4n) is 6.17. The van der Waals surface area contributed by atoms with Crippen LogP contribution in [0.25, 0.3) is 21.5 Å². The van der Waals surface area contributed by atoms with Gasteiger partial charge in [-0.1, -0.05) is 92.4 Å². The second-order valence-corrected chi connectivity index (χ2v) is 13.2. The Morgan fingerprint density at radius 1 is 0.611 bits per heavy atom. The van der Waals surface area contributed by atoms with Crippen LogP contribution in [0.5, 0.6) is 0 Å². The van der Waals surface area contributed by atoms with Gasteiger partial charge in [0.2, 0.25) is 0 Å². The molecule has 0 spiro atoms. The highest BCUT2D eigenvalue weighted by Gasteiger charge is 2.24. The number of hydrogen-bond donors (Lipinski definition) is 0. The summed E-state index contributed by atoms with van der Waals surface area (Å²) in [7, 11) is 0. The minimum absolute atomic E-state index is 0.894. The average Bonchev–Trinajstić information content (AvgIpc) is 3.76. The Morgan fingerprint density at radius 2 is 1.22 bits per heavy atom. The summed E-state index contributed by atoms with van der Waals surface area (Å²) in [5.74, 6) is 3.33. The first-order chi connectivity index (χ1) is 17.8. The second kappa shape index (κ2) is 9.90. The number of rotatable bonds is 11. The van der Waals surface area contributed by atoms with Crippen molar-refractivity contribution >= 4 is 33.3 Å². The van der Waals surface area contributed by atoms with Crippen molar-refractivity contribution in [2.75, 3.05) is 5.75 Å². The SMILES string of the molecule is c1ccc2c(Cc3c(CCC4CC4)ccc4ccc(CCC5CC5)cc34)c(CCC3CS3)ccc2c1. The maximum absolute atomic E-state index is 2.57. The van der Waals surface area contributed by atoms with E-state index in [4.69, 9.17) is 0 Å². The van der Waals surface area contributed by atoms with Crippen LogP contribution in [0.3, 0.4) is 0 Å². The van der Waals surface area contributed by atoms with Crippen LogP contribution in [0.2, 0.25) is 0 Å². The summed E-state index contributed by atoms with van der Waals surface area (Å²) in [6, 6.07) is 26.1. The summed E-state index contributed by atoms with van der Waals surface area (Å²) in [5.41, 5.74) is 7.92. The molecule has 184 valence electrons. The van der Waals surface area contributed by atoms with Gasteiger partial charge in [0.05, 0.1) is 0 Å². The lowest BCUT2D eigenvalue weighted by atomic mass is 9.86. The standard InChI is InChI=1S/C35H38S/c1-2-4-32-27(3-1)15-16-30(19-20-31-23-36-31)34(32)22-35-29(13-11-25-7-8-25)18-17-28-14-12-26(21-33(28)35)10-9-24-5-6-24/h1-4,12,14-18,21,24-25,31H,5-11,13,19-20,22-23H2. The molecule has 4 aromatic rings. The first kappa shape index (κ1) is 22.9. The Balaban J connectivity index is 1.31. The highest BCUT2D eigenvalue weighted by molar-refractivity contribution is 8.06. The first-order valence-corrected chi connectivity index (χ1v) is 15.5. The molecule has 2 aliphatic carbocycles. The van der Waals surface area contributed by atoms with Crippen molar-refractivity contribution in [3.05, 3.63) is 94.5 Å². The first-order valence-electron chi connectivity index (χ1n) is 14.4. The lowest BCUT2D eigenvalue weighted by Crippen LogP contribution is -2.04. The van der Waals surface area contributed by atoms with Crippen LogP contribution in [-0.4, -0.2) is 11.0 Å². The van der Waals surface area contributed by atoms with Gasteiger partial charge >= 0.3 is 0 Å². The van der Waals surface area contributed by atoms with Gasteiger partial charge in [0, 0.05) is 11.0 Å². The smallest absolute Gasteiger partial charge is 0.0141 e. The Labute approximate surface area is 220 Å². The average molecular weight is 491 g/mol. The molecule has 36 heavy (non-hydrogen) atoms. The van der Waals surface area contributed by atoms with E-state index in [1.807, 2.05) is 0 Å². The van der Waals surface area contributed by atoms with Crippen molar-refractivity contribution in [3.8, 4) is 0 Å². The quantitative estimate of drug-likeness (QED) is 0.189. The summed E-state index contributed by atoms with van der Waals surface area (Å²) in [4.78, 5) is 0. The van der Waals surface area contributed by atoms with E-state index in [9.17, 15) is 0 Å². The molecule has 1 unspecified atom stereocenters. The zero-order valence-electron chi connectivity index (χ0n) is 21.5. The molecule has 0 radical (unpaired) electrons.